The quantitative estimate of drug-likeness (QED) is 0.546. The van der Waals surface area contributed by atoms with Crippen LogP contribution < -0.4 is 10.6 Å². The van der Waals surface area contributed by atoms with E-state index >= 15 is 0 Å². The smallest absolute Gasteiger partial charge is 0.230 e. The molecule has 0 atom stereocenters. The van der Waals surface area contributed by atoms with E-state index in [9.17, 15) is 4.79 Å². The van der Waals surface area contributed by atoms with Gasteiger partial charge in [-0.25, -0.2) is 0 Å². The lowest BCUT2D eigenvalue weighted by atomic mass is 10.2. The topological polar surface area (TPSA) is 66.9 Å². The third-order valence-corrected chi connectivity index (χ3v) is 6.24. The highest BCUT2D eigenvalue weighted by atomic mass is 32.2. The summed E-state index contributed by atoms with van der Waals surface area (Å²) in [5, 5.41) is 17.2. The minimum absolute atomic E-state index is 0.0237. The normalized spacial score (nSPS) is 10.6. The number of benzene rings is 1. The van der Waals surface area contributed by atoms with Gasteiger partial charge in [0.25, 0.3) is 0 Å². The van der Waals surface area contributed by atoms with Gasteiger partial charge >= 0.3 is 0 Å². The number of hydrogen-bond acceptors (Lipinski definition) is 7. The highest BCUT2D eigenvalue weighted by Gasteiger charge is 2.08. The Kier molecular flexibility index (Phi) is 6.84. The van der Waals surface area contributed by atoms with E-state index in [0.717, 1.165) is 15.9 Å². The molecule has 0 aliphatic heterocycles. The molecule has 0 radical (unpaired) electrons. The van der Waals surface area contributed by atoms with Crippen molar-refractivity contribution in [1.29, 1.82) is 0 Å². The largest absolute Gasteiger partial charge is 0.356 e. The SMILES string of the molecule is O=C(CSc1nnc(NCc2ccccc2)s1)NCCc1cccs1. The lowest BCUT2D eigenvalue weighted by Gasteiger charge is -2.02. The van der Waals surface area contributed by atoms with Crippen LogP contribution in [0.15, 0.2) is 52.2 Å². The van der Waals surface area contributed by atoms with Crippen molar-refractivity contribution in [2.45, 2.75) is 17.3 Å². The van der Waals surface area contributed by atoms with Crippen molar-refractivity contribution in [1.82, 2.24) is 15.5 Å². The van der Waals surface area contributed by atoms with E-state index in [0.29, 0.717) is 18.8 Å². The summed E-state index contributed by atoms with van der Waals surface area (Å²) in [6, 6.07) is 14.2. The molecular weight excluding hydrogens is 372 g/mol. The van der Waals surface area contributed by atoms with E-state index in [1.54, 1.807) is 11.3 Å². The number of rotatable bonds is 9. The third kappa shape index (κ3) is 6.15. The van der Waals surface area contributed by atoms with Crippen LogP contribution in [-0.4, -0.2) is 28.4 Å². The van der Waals surface area contributed by atoms with Crippen LogP contribution in [0.3, 0.4) is 0 Å². The number of thiophene rings is 1. The van der Waals surface area contributed by atoms with Crippen molar-refractivity contribution in [2.24, 2.45) is 0 Å². The van der Waals surface area contributed by atoms with Gasteiger partial charge in [-0.15, -0.1) is 21.5 Å². The molecule has 130 valence electrons. The van der Waals surface area contributed by atoms with Gasteiger partial charge in [0, 0.05) is 18.0 Å². The average molecular weight is 391 g/mol. The number of carbonyl (C=O) groups is 1. The molecule has 25 heavy (non-hydrogen) atoms. The number of hydrogen-bond donors (Lipinski definition) is 2. The highest BCUT2D eigenvalue weighted by Crippen LogP contribution is 2.25. The molecule has 3 rings (SSSR count). The molecule has 0 fully saturated rings. The van der Waals surface area contributed by atoms with Gasteiger partial charge in [0.05, 0.1) is 5.75 Å². The van der Waals surface area contributed by atoms with E-state index < -0.39 is 0 Å². The second-order valence-electron chi connectivity index (χ2n) is 5.18. The molecule has 1 aromatic carbocycles. The molecule has 0 bridgehead atoms. The fourth-order valence-electron chi connectivity index (χ4n) is 2.07. The number of amides is 1. The standard InChI is InChI=1S/C17H18N4OS3/c22-15(18-9-8-14-7-4-10-23-14)12-24-17-21-20-16(25-17)19-11-13-5-2-1-3-6-13/h1-7,10H,8-9,11-12H2,(H,18,22)(H,19,20). The number of carbonyl (C=O) groups excluding carboxylic acids is 1. The predicted molar refractivity (Wildman–Crippen MR) is 105 cm³/mol. The molecular formula is C17H18N4OS3. The average Bonchev–Trinajstić information content (AvgIpc) is 3.31. The van der Waals surface area contributed by atoms with E-state index in [2.05, 4.69) is 39.0 Å². The van der Waals surface area contributed by atoms with Gasteiger partial charge in [0.1, 0.15) is 0 Å². The van der Waals surface area contributed by atoms with E-state index in [1.165, 1.54) is 33.5 Å². The van der Waals surface area contributed by atoms with Gasteiger partial charge in [-0.1, -0.05) is 59.5 Å². The van der Waals surface area contributed by atoms with Gasteiger partial charge in [0.2, 0.25) is 11.0 Å². The Hall–Kier alpha value is -1.90. The van der Waals surface area contributed by atoms with Gasteiger partial charge in [0.15, 0.2) is 4.34 Å². The Morgan fingerprint density at radius 2 is 2.00 bits per heavy atom. The summed E-state index contributed by atoms with van der Waals surface area (Å²) in [6.07, 6.45) is 0.875. The van der Waals surface area contributed by atoms with Crippen molar-refractivity contribution >= 4 is 45.5 Å². The van der Waals surface area contributed by atoms with Crippen molar-refractivity contribution in [3.8, 4) is 0 Å². The lowest BCUT2D eigenvalue weighted by molar-refractivity contribution is -0.118. The minimum atomic E-state index is 0.0237. The fourth-order valence-corrected chi connectivity index (χ4v) is 4.36. The molecule has 0 spiro atoms. The van der Waals surface area contributed by atoms with Gasteiger partial charge in [-0.3, -0.25) is 4.79 Å². The summed E-state index contributed by atoms with van der Waals surface area (Å²) in [7, 11) is 0. The Morgan fingerprint density at radius 1 is 1.12 bits per heavy atom. The Labute approximate surface area is 158 Å². The summed E-state index contributed by atoms with van der Waals surface area (Å²) in [6.45, 7) is 1.38. The zero-order valence-electron chi connectivity index (χ0n) is 13.5. The minimum Gasteiger partial charge on any atom is -0.356 e. The zero-order chi connectivity index (χ0) is 17.3. The first kappa shape index (κ1) is 17.9. The highest BCUT2D eigenvalue weighted by molar-refractivity contribution is 8.01. The maximum atomic E-state index is 11.9. The van der Waals surface area contributed by atoms with Crippen molar-refractivity contribution in [3.63, 3.8) is 0 Å². The Balaban J connectivity index is 1.35. The van der Waals surface area contributed by atoms with Crippen molar-refractivity contribution in [2.75, 3.05) is 17.6 Å². The molecule has 0 aliphatic rings. The van der Waals surface area contributed by atoms with Crippen LogP contribution in [0.25, 0.3) is 0 Å². The first-order valence-electron chi connectivity index (χ1n) is 7.83. The number of anilines is 1. The number of thioether (sulfide) groups is 1. The first-order valence-corrected chi connectivity index (χ1v) is 10.5. The van der Waals surface area contributed by atoms with Crippen LogP contribution in [0, 0.1) is 0 Å². The summed E-state index contributed by atoms with van der Waals surface area (Å²) >= 11 is 4.59. The number of nitrogens with zero attached hydrogens (tertiary/aromatic N) is 2. The predicted octanol–water partition coefficient (Wildman–Crippen LogP) is 3.66. The maximum absolute atomic E-state index is 11.9. The van der Waals surface area contributed by atoms with Crippen LogP contribution in [0.4, 0.5) is 5.13 Å². The Morgan fingerprint density at radius 3 is 2.80 bits per heavy atom. The summed E-state index contributed by atoms with van der Waals surface area (Å²) < 4.78 is 0.795. The van der Waals surface area contributed by atoms with Crippen LogP contribution >= 0.6 is 34.4 Å². The second-order valence-corrected chi connectivity index (χ2v) is 8.41. The van der Waals surface area contributed by atoms with E-state index in [4.69, 9.17) is 0 Å². The molecule has 0 saturated heterocycles. The van der Waals surface area contributed by atoms with Gasteiger partial charge < -0.3 is 10.6 Å². The van der Waals surface area contributed by atoms with Crippen LogP contribution in [0.1, 0.15) is 10.4 Å². The second kappa shape index (κ2) is 9.55. The molecule has 0 saturated carbocycles. The van der Waals surface area contributed by atoms with Crippen LogP contribution in [0.2, 0.25) is 0 Å². The Bertz CT molecular complexity index is 774. The van der Waals surface area contributed by atoms with Crippen molar-refractivity contribution in [3.05, 3.63) is 58.3 Å². The van der Waals surface area contributed by atoms with Crippen LogP contribution in [0.5, 0.6) is 0 Å². The molecule has 8 heteroatoms. The molecule has 2 aromatic heterocycles. The fraction of sp³-hybridized carbons (Fsp3) is 0.235. The summed E-state index contributed by atoms with van der Waals surface area (Å²) in [5.41, 5.74) is 1.19. The summed E-state index contributed by atoms with van der Waals surface area (Å²) in [4.78, 5) is 13.2. The molecule has 5 nitrogen and oxygen atoms in total. The lowest BCUT2D eigenvalue weighted by Crippen LogP contribution is -2.27. The summed E-state index contributed by atoms with van der Waals surface area (Å²) in [5.74, 6) is 0.383. The molecule has 0 unspecified atom stereocenters. The molecule has 3 aromatic rings. The molecule has 0 aliphatic carbocycles. The third-order valence-electron chi connectivity index (χ3n) is 3.29. The zero-order valence-corrected chi connectivity index (χ0v) is 15.9. The number of aromatic nitrogens is 2. The van der Waals surface area contributed by atoms with E-state index in [1.807, 2.05) is 29.6 Å². The monoisotopic (exact) mass is 390 g/mol. The molecule has 1 amide bonds. The number of nitrogens with one attached hydrogen (secondary N) is 2. The van der Waals surface area contributed by atoms with Gasteiger partial charge in [-0.2, -0.15) is 0 Å². The first-order chi connectivity index (χ1) is 12.3. The van der Waals surface area contributed by atoms with E-state index in [-0.39, 0.29) is 5.91 Å². The van der Waals surface area contributed by atoms with Crippen molar-refractivity contribution < 1.29 is 4.79 Å². The van der Waals surface area contributed by atoms with Crippen LogP contribution in [-0.2, 0) is 17.8 Å². The molecule has 2 N–H and O–H groups in total. The van der Waals surface area contributed by atoms with Gasteiger partial charge in [-0.05, 0) is 23.4 Å². The maximum Gasteiger partial charge on any atom is 0.230 e. The molecule has 2 heterocycles.